The monoisotopic (exact) mass is 321 g/mol. The summed E-state index contributed by atoms with van der Waals surface area (Å²) in [5, 5.41) is 7.53. The van der Waals surface area contributed by atoms with E-state index in [2.05, 4.69) is 40.7 Å². The zero-order valence-corrected chi connectivity index (χ0v) is 13.9. The van der Waals surface area contributed by atoms with Gasteiger partial charge < -0.3 is 15.6 Å². The molecule has 1 heterocycles. The number of anilines is 1. The van der Waals surface area contributed by atoms with E-state index in [1.54, 1.807) is 0 Å². The van der Waals surface area contributed by atoms with E-state index in [-0.39, 0.29) is 5.91 Å². The van der Waals surface area contributed by atoms with Crippen molar-refractivity contribution in [2.75, 3.05) is 18.4 Å². The maximum Gasteiger partial charge on any atom is 0.221 e. The quantitative estimate of drug-likeness (QED) is 0.622. The molecule has 0 saturated carbocycles. The molecule has 0 spiro atoms. The highest BCUT2D eigenvalue weighted by Crippen LogP contribution is 2.17. The lowest BCUT2D eigenvalue weighted by Crippen LogP contribution is -2.27. The Morgan fingerprint density at radius 2 is 1.83 bits per heavy atom. The maximum atomic E-state index is 12.0. The van der Waals surface area contributed by atoms with E-state index >= 15 is 0 Å². The van der Waals surface area contributed by atoms with Gasteiger partial charge >= 0.3 is 0 Å². The van der Waals surface area contributed by atoms with Crippen LogP contribution in [0, 0.1) is 6.92 Å². The molecular weight excluding hydrogens is 298 g/mol. The van der Waals surface area contributed by atoms with Crippen LogP contribution in [0.3, 0.4) is 0 Å². The summed E-state index contributed by atoms with van der Waals surface area (Å²) in [6.45, 7) is 3.36. The molecule has 0 fully saturated rings. The number of nitrogens with one attached hydrogen (secondary N) is 3. The second kappa shape index (κ2) is 7.68. The van der Waals surface area contributed by atoms with Gasteiger partial charge in [-0.1, -0.05) is 36.4 Å². The molecule has 2 aromatic carbocycles. The maximum absolute atomic E-state index is 12.0. The van der Waals surface area contributed by atoms with Gasteiger partial charge in [0.2, 0.25) is 5.91 Å². The van der Waals surface area contributed by atoms with Crippen molar-refractivity contribution in [3.05, 3.63) is 65.9 Å². The van der Waals surface area contributed by atoms with Crippen molar-refractivity contribution >= 4 is 22.5 Å². The van der Waals surface area contributed by atoms with Gasteiger partial charge in [0.15, 0.2) is 0 Å². The molecule has 0 saturated heterocycles. The normalized spacial score (nSPS) is 10.7. The summed E-state index contributed by atoms with van der Waals surface area (Å²) in [6, 6.07) is 16.3. The Balaban J connectivity index is 1.41. The second-order valence-electron chi connectivity index (χ2n) is 5.95. The van der Waals surface area contributed by atoms with Gasteiger partial charge in [-0.05, 0) is 36.6 Å². The molecule has 1 amide bonds. The average molecular weight is 321 g/mol. The van der Waals surface area contributed by atoms with Gasteiger partial charge in [0.25, 0.3) is 0 Å². The summed E-state index contributed by atoms with van der Waals surface area (Å²) < 4.78 is 0. The van der Waals surface area contributed by atoms with Crippen molar-refractivity contribution in [2.24, 2.45) is 0 Å². The van der Waals surface area contributed by atoms with Crippen LogP contribution in [-0.2, 0) is 11.2 Å². The highest BCUT2D eigenvalue weighted by atomic mass is 16.1. The van der Waals surface area contributed by atoms with Crippen molar-refractivity contribution in [3.63, 3.8) is 0 Å². The molecule has 3 rings (SSSR count). The van der Waals surface area contributed by atoms with Gasteiger partial charge in [-0.3, -0.25) is 4.79 Å². The van der Waals surface area contributed by atoms with Crippen molar-refractivity contribution < 1.29 is 4.79 Å². The first-order valence-corrected chi connectivity index (χ1v) is 8.35. The predicted molar refractivity (Wildman–Crippen MR) is 99.3 cm³/mol. The molecule has 0 aliphatic rings. The molecule has 0 aliphatic carbocycles. The third-order valence-electron chi connectivity index (χ3n) is 4.20. The van der Waals surface area contributed by atoms with Crippen molar-refractivity contribution in [2.45, 2.75) is 19.8 Å². The van der Waals surface area contributed by atoms with Crippen LogP contribution in [0.15, 0.2) is 54.7 Å². The summed E-state index contributed by atoms with van der Waals surface area (Å²) in [6.07, 6.45) is 3.33. The minimum absolute atomic E-state index is 0.0796. The second-order valence-corrected chi connectivity index (χ2v) is 5.95. The van der Waals surface area contributed by atoms with Gasteiger partial charge in [-0.15, -0.1) is 0 Å². The molecule has 4 nitrogen and oxygen atoms in total. The molecule has 0 aliphatic heterocycles. The molecular formula is C20H23N3O. The first kappa shape index (κ1) is 16.1. The van der Waals surface area contributed by atoms with E-state index < -0.39 is 0 Å². The number of hydrogen-bond acceptors (Lipinski definition) is 2. The molecule has 3 aromatic rings. The molecule has 3 N–H and O–H groups in total. The Labute approximate surface area is 142 Å². The van der Waals surface area contributed by atoms with E-state index in [1.165, 1.54) is 16.5 Å². The molecule has 24 heavy (non-hydrogen) atoms. The molecule has 1 aromatic heterocycles. The smallest absolute Gasteiger partial charge is 0.221 e. The van der Waals surface area contributed by atoms with Crippen molar-refractivity contribution in [1.82, 2.24) is 10.3 Å². The Morgan fingerprint density at radius 1 is 1.04 bits per heavy atom. The number of aromatic amines is 1. The summed E-state index contributed by atoms with van der Waals surface area (Å²) in [5.74, 6) is 0.0796. The largest absolute Gasteiger partial charge is 0.384 e. The van der Waals surface area contributed by atoms with Gasteiger partial charge in [0.1, 0.15) is 0 Å². The van der Waals surface area contributed by atoms with E-state index in [0.717, 1.165) is 17.6 Å². The van der Waals surface area contributed by atoms with Crippen LogP contribution in [0.1, 0.15) is 17.5 Å². The standard InChI is InChI=1S/C20H23N3O/c1-15-6-2-4-8-18(15)21-13-11-20(24)22-12-10-16-14-23-19-9-5-3-7-17(16)19/h2-9,14,21,23H,10-13H2,1H3,(H,22,24). The van der Waals surface area contributed by atoms with E-state index in [0.29, 0.717) is 19.5 Å². The number of rotatable bonds is 7. The zero-order chi connectivity index (χ0) is 16.8. The fourth-order valence-electron chi connectivity index (χ4n) is 2.85. The van der Waals surface area contributed by atoms with Crippen LogP contribution in [0.25, 0.3) is 10.9 Å². The van der Waals surface area contributed by atoms with Crippen LogP contribution in [0.5, 0.6) is 0 Å². The van der Waals surface area contributed by atoms with Gasteiger partial charge in [-0.2, -0.15) is 0 Å². The van der Waals surface area contributed by atoms with Gasteiger partial charge in [0.05, 0.1) is 0 Å². The first-order valence-electron chi connectivity index (χ1n) is 8.35. The summed E-state index contributed by atoms with van der Waals surface area (Å²) in [4.78, 5) is 15.2. The minimum atomic E-state index is 0.0796. The highest BCUT2D eigenvalue weighted by Gasteiger charge is 2.05. The average Bonchev–Trinajstić information content (AvgIpc) is 3.00. The Hall–Kier alpha value is -2.75. The van der Waals surface area contributed by atoms with Crippen LogP contribution < -0.4 is 10.6 Å². The molecule has 0 bridgehead atoms. The lowest BCUT2D eigenvalue weighted by atomic mass is 10.1. The number of aryl methyl sites for hydroxylation is 1. The Bertz CT molecular complexity index is 822. The van der Waals surface area contributed by atoms with Crippen LogP contribution in [0.4, 0.5) is 5.69 Å². The Morgan fingerprint density at radius 3 is 2.71 bits per heavy atom. The fourth-order valence-corrected chi connectivity index (χ4v) is 2.85. The zero-order valence-electron chi connectivity index (χ0n) is 13.9. The summed E-state index contributed by atoms with van der Waals surface area (Å²) in [7, 11) is 0. The predicted octanol–water partition coefficient (Wildman–Crippen LogP) is 3.64. The molecule has 0 unspecified atom stereocenters. The fraction of sp³-hybridized carbons (Fsp3) is 0.250. The van der Waals surface area contributed by atoms with Gasteiger partial charge in [-0.25, -0.2) is 0 Å². The van der Waals surface area contributed by atoms with Crippen molar-refractivity contribution in [1.29, 1.82) is 0 Å². The number of aromatic nitrogens is 1. The number of amides is 1. The lowest BCUT2D eigenvalue weighted by molar-refractivity contribution is -0.120. The van der Waals surface area contributed by atoms with Crippen LogP contribution >= 0.6 is 0 Å². The van der Waals surface area contributed by atoms with E-state index in [1.807, 2.05) is 36.5 Å². The van der Waals surface area contributed by atoms with Crippen LogP contribution in [0.2, 0.25) is 0 Å². The first-order chi connectivity index (χ1) is 11.7. The molecule has 0 atom stereocenters. The topological polar surface area (TPSA) is 56.9 Å². The number of para-hydroxylation sites is 2. The molecule has 4 heteroatoms. The minimum Gasteiger partial charge on any atom is -0.384 e. The van der Waals surface area contributed by atoms with Crippen molar-refractivity contribution in [3.8, 4) is 0 Å². The number of benzene rings is 2. The van der Waals surface area contributed by atoms with E-state index in [4.69, 9.17) is 0 Å². The van der Waals surface area contributed by atoms with Gasteiger partial charge in [0, 0.05) is 42.3 Å². The molecule has 0 radical (unpaired) electrons. The summed E-state index contributed by atoms with van der Waals surface area (Å²) >= 11 is 0. The number of H-pyrrole nitrogens is 1. The third-order valence-corrected chi connectivity index (χ3v) is 4.20. The number of fused-ring (bicyclic) bond motifs is 1. The SMILES string of the molecule is Cc1ccccc1NCCC(=O)NCCc1c[nH]c2ccccc12. The third kappa shape index (κ3) is 3.96. The Kier molecular flexibility index (Phi) is 5.16. The lowest BCUT2D eigenvalue weighted by Gasteiger charge is -2.09. The number of carbonyl (C=O) groups is 1. The van der Waals surface area contributed by atoms with E-state index in [9.17, 15) is 4.79 Å². The molecule has 124 valence electrons. The number of carbonyl (C=O) groups excluding carboxylic acids is 1. The van der Waals surface area contributed by atoms with Crippen LogP contribution in [-0.4, -0.2) is 24.0 Å². The summed E-state index contributed by atoms with van der Waals surface area (Å²) in [5.41, 5.74) is 4.66. The highest BCUT2D eigenvalue weighted by molar-refractivity contribution is 5.83. The number of hydrogen-bond donors (Lipinski definition) is 3.